The molecule has 1 aromatic carbocycles. The molecule has 1 saturated carbocycles. The largest absolute Gasteiger partial charge is 0.444 e. The summed E-state index contributed by atoms with van der Waals surface area (Å²) < 4.78 is 5.46. The van der Waals surface area contributed by atoms with Gasteiger partial charge in [-0.05, 0) is 86.9 Å². The third kappa shape index (κ3) is 5.05. The standard InChI is InChI=1S/C29H27N7O2/c1-29(2,3)38-28(37)36-27-24(19(15-31)8-11-33-27)26-25(20(9-12-32-26)17-6-7-17)21-14-23-22(34-16-35-23)13-18(21)5-4-10-30/h8-9,11-14,16-17H,4-7H2,1-3H3,(H,34,35)(H,33,36,37). The molecule has 5 rings (SSSR count). The Morgan fingerprint density at radius 1 is 1.13 bits per heavy atom. The number of fused-ring (bicyclic) bond motifs is 1. The average molecular weight is 506 g/mol. The Labute approximate surface area is 220 Å². The lowest BCUT2D eigenvalue weighted by atomic mass is 9.87. The fourth-order valence-corrected chi connectivity index (χ4v) is 4.63. The van der Waals surface area contributed by atoms with Crippen LogP contribution in [0.3, 0.4) is 0 Å². The number of nitrogens with one attached hydrogen (secondary N) is 2. The SMILES string of the molecule is CC(C)(C)OC(=O)Nc1nccc(C#N)c1-c1nccc(C2CC2)c1-c1cc2nc[nH]c2cc1CCC#N. The predicted octanol–water partition coefficient (Wildman–Crippen LogP) is 6.24. The van der Waals surface area contributed by atoms with Crippen LogP contribution in [-0.2, 0) is 11.2 Å². The van der Waals surface area contributed by atoms with Crippen molar-refractivity contribution in [2.75, 3.05) is 5.32 Å². The van der Waals surface area contributed by atoms with Crippen LogP contribution in [0.2, 0.25) is 0 Å². The lowest BCUT2D eigenvalue weighted by Gasteiger charge is -2.21. The first kappa shape index (κ1) is 24.9. The number of hydrogen-bond acceptors (Lipinski definition) is 7. The normalized spacial score (nSPS) is 13.1. The van der Waals surface area contributed by atoms with Crippen molar-refractivity contribution in [2.24, 2.45) is 0 Å². The summed E-state index contributed by atoms with van der Waals surface area (Å²) >= 11 is 0. The number of imidazole rings is 1. The van der Waals surface area contributed by atoms with Crippen molar-refractivity contribution in [3.05, 3.63) is 59.7 Å². The summed E-state index contributed by atoms with van der Waals surface area (Å²) in [6.45, 7) is 5.33. The molecule has 9 nitrogen and oxygen atoms in total. The molecule has 190 valence electrons. The van der Waals surface area contributed by atoms with Crippen molar-refractivity contribution in [3.8, 4) is 34.5 Å². The number of aromatic amines is 1. The van der Waals surface area contributed by atoms with Crippen molar-refractivity contribution in [1.82, 2.24) is 19.9 Å². The Bertz CT molecular complexity index is 1610. The minimum atomic E-state index is -0.707. The third-order valence-electron chi connectivity index (χ3n) is 6.35. The number of benzene rings is 1. The minimum Gasteiger partial charge on any atom is -0.444 e. The van der Waals surface area contributed by atoms with E-state index < -0.39 is 11.7 Å². The number of amides is 1. The summed E-state index contributed by atoms with van der Waals surface area (Å²) in [4.78, 5) is 29.5. The number of carbonyl (C=O) groups is 1. The Hall–Kier alpha value is -4.76. The van der Waals surface area contributed by atoms with E-state index in [1.807, 2.05) is 18.2 Å². The van der Waals surface area contributed by atoms with E-state index in [1.54, 1.807) is 39.4 Å². The molecular formula is C29H27N7O2. The van der Waals surface area contributed by atoms with Crippen LogP contribution in [0.1, 0.15) is 62.6 Å². The number of carbonyl (C=O) groups excluding carboxylic acids is 1. The molecule has 2 N–H and O–H groups in total. The number of pyridine rings is 2. The van der Waals surface area contributed by atoms with Gasteiger partial charge in [-0.1, -0.05) is 0 Å². The van der Waals surface area contributed by atoms with Crippen LogP contribution in [0.4, 0.5) is 10.6 Å². The Kier molecular flexibility index (Phi) is 6.52. The van der Waals surface area contributed by atoms with Crippen molar-refractivity contribution in [2.45, 2.75) is 58.0 Å². The molecule has 0 aliphatic heterocycles. The Morgan fingerprint density at radius 3 is 2.63 bits per heavy atom. The molecule has 1 amide bonds. The zero-order valence-electron chi connectivity index (χ0n) is 21.5. The highest BCUT2D eigenvalue weighted by molar-refractivity contribution is 5.97. The van der Waals surface area contributed by atoms with Gasteiger partial charge in [-0.25, -0.2) is 14.8 Å². The fourth-order valence-electron chi connectivity index (χ4n) is 4.63. The first-order valence-corrected chi connectivity index (χ1v) is 12.5. The van der Waals surface area contributed by atoms with Crippen molar-refractivity contribution in [1.29, 1.82) is 10.5 Å². The highest BCUT2D eigenvalue weighted by Gasteiger charge is 2.31. The second-order valence-electron chi connectivity index (χ2n) is 10.3. The Balaban J connectivity index is 1.76. The van der Waals surface area contributed by atoms with Gasteiger partial charge >= 0.3 is 6.09 Å². The van der Waals surface area contributed by atoms with Gasteiger partial charge in [0, 0.05) is 24.4 Å². The summed E-state index contributed by atoms with van der Waals surface area (Å²) in [5.41, 5.74) is 6.11. The van der Waals surface area contributed by atoms with Crippen LogP contribution in [-0.4, -0.2) is 31.6 Å². The molecular weight excluding hydrogens is 478 g/mol. The van der Waals surface area contributed by atoms with Gasteiger partial charge in [0.05, 0.1) is 40.3 Å². The second kappa shape index (κ2) is 9.95. The summed E-state index contributed by atoms with van der Waals surface area (Å²) in [5.74, 6) is 0.550. The van der Waals surface area contributed by atoms with Crippen molar-refractivity contribution >= 4 is 22.9 Å². The highest BCUT2D eigenvalue weighted by atomic mass is 16.6. The van der Waals surface area contributed by atoms with E-state index in [9.17, 15) is 15.3 Å². The highest BCUT2D eigenvalue weighted by Crippen LogP contribution is 2.49. The van der Waals surface area contributed by atoms with Gasteiger partial charge < -0.3 is 9.72 Å². The quantitative estimate of drug-likeness (QED) is 0.316. The molecule has 0 bridgehead atoms. The van der Waals surface area contributed by atoms with Gasteiger partial charge in [0.15, 0.2) is 0 Å². The number of nitriles is 2. The van der Waals surface area contributed by atoms with Gasteiger partial charge in [0.25, 0.3) is 0 Å². The summed E-state index contributed by atoms with van der Waals surface area (Å²) in [6.07, 6.45) is 7.18. The van der Waals surface area contributed by atoms with E-state index in [1.165, 1.54) is 6.20 Å². The molecule has 3 aromatic heterocycles. The number of rotatable bonds is 6. The molecule has 9 heteroatoms. The van der Waals surface area contributed by atoms with Gasteiger partial charge in [0.2, 0.25) is 0 Å². The van der Waals surface area contributed by atoms with E-state index in [2.05, 4.69) is 32.4 Å². The predicted molar refractivity (Wildman–Crippen MR) is 143 cm³/mol. The molecule has 0 unspecified atom stereocenters. The first-order valence-electron chi connectivity index (χ1n) is 12.5. The molecule has 0 saturated heterocycles. The van der Waals surface area contributed by atoms with Crippen LogP contribution < -0.4 is 5.32 Å². The maximum Gasteiger partial charge on any atom is 0.413 e. The lowest BCUT2D eigenvalue weighted by Crippen LogP contribution is -2.27. The number of H-pyrrole nitrogens is 1. The molecule has 0 spiro atoms. The molecule has 0 atom stereocenters. The second-order valence-corrected chi connectivity index (χ2v) is 10.3. The molecule has 38 heavy (non-hydrogen) atoms. The van der Waals surface area contributed by atoms with E-state index in [0.29, 0.717) is 35.6 Å². The zero-order chi connectivity index (χ0) is 26.9. The van der Waals surface area contributed by atoms with Gasteiger partial charge in [-0.2, -0.15) is 10.5 Å². The zero-order valence-corrected chi connectivity index (χ0v) is 21.5. The van der Waals surface area contributed by atoms with Crippen LogP contribution >= 0.6 is 0 Å². The molecule has 4 aromatic rings. The van der Waals surface area contributed by atoms with Gasteiger partial charge in [-0.3, -0.25) is 10.3 Å². The summed E-state index contributed by atoms with van der Waals surface area (Å²) in [6, 6.07) is 12.1. The number of hydrogen-bond donors (Lipinski definition) is 2. The van der Waals surface area contributed by atoms with Crippen LogP contribution in [0.25, 0.3) is 33.4 Å². The van der Waals surface area contributed by atoms with Crippen LogP contribution in [0.5, 0.6) is 0 Å². The smallest absolute Gasteiger partial charge is 0.413 e. The van der Waals surface area contributed by atoms with Crippen molar-refractivity contribution in [3.63, 3.8) is 0 Å². The molecule has 1 fully saturated rings. The molecule has 1 aliphatic rings. The summed E-state index contributed by atoms with van der Waals surface area (Å²) in [5, 5.41) is 22.1. The number of aromatic nitrogens is 4. The number of ether oxygens (including phenoxy) is 1. The lowest BCUT2D eigenvalue weighted by molar-refractivity contribution is 0.0635. The van der Waals surface area contributed by atoms with Gasteiger partial charge in [-0.15, -0.1) is 0 Å². The van der Waals surface area contributed by atoms with Crippen LogP contribution in [0.15, 0.2) is 43.0 Å². The van der Waals surface area contributed by atoms with E-state index in [0.717, 1.165) is 46.1 Å². The first-order chi connectivity index (χ1) is 18.3. The van der Waals surface area contributed by atoms with E-state index >= 15 is 0 Å². The molecule has 0 radical (unpaired) electrons. The minimum absolute atomic E-state index is 0.194. The number of nitrogens with zero attached hydrogens (tertiary/aromatic N) is 5. The van der Waals surface area contributed by atoms with Gasteiger partial charge in [0.1, 0.15) is 17.5 Å². The maximum atomic E-state index is 12.7. The topological polar surface area (TPSA) is 140 Å². The molecule has 1 aliphatic carbocycles. The monoisotopic (exact) mass is 505 g/mol. The third-order valence-corrected chi connectivity index (χ3v) is 6.35. The summed E-state index contributed by atoms with van der Waals surface area (Å²) in [7, 11) is 0. The van der Waals surface area contributed by atoms with E-state index in [4.69, 9.17) is 9.72 Å². The van der Waals surface area contributed by atoms with Crippen LogP contribution in [0, 0.1) is 22.7 Å². The fraction of sp³-hybridized carbons (Fsp3) is 0.310. The number of aryl methyl sites for hydroxylation is 1. The maximum absolute atomic E-state index is 12.7. The average Bonchev–Trinajstić information content (AvgIpc) is 3.62. The molecule has 3 heterocycles. The number of anilines is 1. The van der Waals surface area contributed by atoms with E-state index in [-0.39, 0.29) is 5.82 Å². The van der Waals surface area contributed by atoms with Crippen molar-refractivity contribution < 1.29 is 9.53 Å². The Morgan fingerprint density at radius 2 is 1.92 bits per heavy atom.